The lowest BCUT2D eigenvalue weighted by atomic mass is 10.1. The van der Waals surface area contributed by atoms with E-state index in [-0.39, 0.29) is 11.6 Å². The van der Waals surface area contributed by atoms with E-state index in [2.05, 4.69) is 32.1 Å². The van der Waals surface area contributed by atoms with E-state index in [4.69, 9.17) is 15.7 Å². The molecule has 2 heterocycles. The van der Waals surface area contributed by atoms with Crippen molar-refractivity contribution in [1.29, 1.82) is 5.26 Å². The molecule has 166 valence electrons. The number of fused-ring (bicyclic) bond motifs is 1. The molecule has 0 radical (unpaired) electrons. The van der Waals surface area contributed by atoms with Gasteiger partial charge >= 0.3 is 0 Å². The van der Waals surface area contributed by atoms with Gasteiger partial charge in [0.05, 0.1) is 34.8 Å². The maximum Gasteiger partial charge on any atom is 0.214 e. The molecule has 0 atom stereocenters. The first-order chi connectivity index (χ1) is 16.4. The van der Waals surface area contributed by atoms with Crippen LogP contribution in [0.3, 0.4) is 0 Å². The molecule has 0 fully saturated rings. The fourth-order valence-corrected chi connectivity index (χ4v) is 4.29. The Balaban J connectivity index is 1.43. The number of aromatic amines is 1. The van der Waals surface area contributed by atoms with Gasteiger partial charge in [-0.05, 0) is 67.1 Å². The third-order valence-corrected chi connectivity index (χ3v) is 6.19. The van der Waals surface area contributed by atoms with Crippen LogP contribution in [0.1, 0.15) is 27.2 Å². The number of anilines is 1. The summed E-state index contributed by atoms with van der Waals surface area (Å²) in [5.74, 6) is 1.20. The molecule has 3 N–H and O–H groups in total. The van der Waals surface area contributed by atoms with Crippen molar-refractivity contribution < 1.29 is 9.53 Å². The number of H-pyrrole nitrogens is 1. The van der Waals surface area contributed by atoms with Gasteiger partial charge in [-0.15, -0.1) is 0 Å². The van der Waals surface area contributed by atoms with Gasteiger partial charge in [0.25, 0.3) is 0 Å². The number of nitrogens with zero attached hydrogens (tertiary/aromatic N) is 3. The molecule has 0 saturated carbocycles. The number of carbonyl (C=O) groups excluding carboxylic acids is 1. The quantitative estimate of drug-likeness (QED) is 0.285. The Morgan fingerprint density at radius 1 is 1.12 bits per heavy atom. The van der Waals surface area contributed by atoms with E-state index in [9.17, 15) is 4.79 Å². The summed E-state index contributed by atoms with van der Waals surface area (Å²) >= 11 is 3.51. The fraction of sp³-hybridized carbons (Fsp3) is 0.0385. The Labute approximate surface area is 203 Å². The number of halogens is 1. The van der Waals surface area contributed by atoms with Crippen molar-refractivity contribution in [2.75, 3.05) is 5.73 Å². The summed E-state index contributed by atoms with van der Waals surface area (Å²) in [6.07, 6.45) is 1.48. The van der Waals surface area contributed by atoms with E-state index in [1.54, 1.807) is 41.1 Å². The van der Waals surface area contributed by atoms with Gasteiger partial charge in [0, 0.05) is 15.4 Å². The fourth-order valence-electron chi connectivity index (χ4n) is 3.80. The van der Waals surface area contributed by atoms with Gasteiger partial charge in [-0.3, -0.25) is 4.79 Å². The largest absolute Gasteiger partial charge is 0.457 e. The van der Waals surface area contributed by atoms with Crippen LogP contribution in [0.25, 0.3) is 16.6 Å². The molecule has 8 heteroatoms. The highest BCUT2D eigenvalue weighted by Gasteiger charge is 2.20. The van der Waals surface area contributed by atoms with Gasteiger partial charge in [0.2, 0.25) is 5.78 Å². The number of aromatic nitrogens is 3. The number of nitrogens with two attached hydrogens (primary N) is 1. The zero-order chi connectivity index (χ0) is 23.8. The second kappa shape index (κ2) is 8.54. The Kier molecular flexibility index (Phi) is 5.40. The van der Waals surface area contributed by atoms with Gasteiger partial charge in [0.1, 0.15) is 17.3 Å². The second-order valence-electron chi connectivity index (χ2n) is 7.76. The molecule has 7 nitrogen and oxygen atoms in total. The summed E-state index contributed by atoms with van der Waals surface area (Å²) < 4.78 is 8.34. The number of ether oxygens (including phenoxy) is 1. The Morgan fingerprint density at radius 2 is 1.91 bits per heavy atom. The van der Waals surface area contributed by atoms with Gasteiger partial charge in [-0.25, -0.2) is 4.68 Å². The topological polar surface area (TPSA) is 110 Å². The number of aryl methyl sites for hydroxylation is 1. The van der Waals surface area contributed by atoms with Crippen molar-refractivity contribution in [2.45, 2.75) is 6.92 Å². The number of carbonyl (C=O) groups is 1. The predicted molar refractivity (Wildman–Crippen MR) is 133 cm³/mol. The lowest BCUT2D eigenvalue weighted by Crippen LogP contribution is -2.08. The highest BCUT2D eigenvalue weighted by Crippen LogP contribution is 2.29. The van der Waals surface area contributed by atoms with Crippen LogP contribution in [-0.4, -0.2) is 20.5 Å². The summed E-state index contributed by atoms with van der Waals surface area (Å²) in [5, 5.41) is 14.4. The van der Waals surface area contributed by atoms with Crippen LogP contribution in [0.5, 0.6) is 11.5 Å². The Morgan fingerprint density at radius 3 is 2.68 bits per heavy atom. The molecular weight excluding hydrogens is 494 g/mol. The number of benzene rings is 3. The average Bonchev–Trinajstić information content (AvgIpc) is 3.44. The molecule has 0 bridgehead atoms. The molecule has 0 aliphatic rings. The summed E-state index contributed by atoms with van der Waals surface area (Å²) in [5.41, 5.74) is 10.1. The second-order valence-corrected chi connectivity index (χ2v) is 8.61. The van der Waals surface area contributed by atoms with Gasteiger partial charge in [-0.2, -0.15) is 10.4 Å². The lowest BCUT2D eigenvalue weighted by Gasteiger charge is -2.11. The zero-order valence-corrected chi connectivity index (χ0v) is 19.6. The smallest absolute Gasteiger partial charge is 0.214 e. The van der Waals surface area contributed by atoms with Gasteiger partial charge in [0.15, 0.2) is 0 Å². The SMILES string of the molecule is Cc1cc(Oc2cccc(C#N)c2)ccc1-n1ncc(C(=O)c2cc3c(Br)cccc3[nH]2)c1N. The summed E-state index contributed by atoms with van der Waals surface area (Å²) in [6.45, 7) is 1.91. The van der Waals surface area contributed by atoms with Crippen molar-refractivity contribution in [3.63, 3.8) is 0 Å². The van der Waals surface area contributed by atoms with Crippen LogP contribution in [0, 0.1) is 18.3 Å². The predicted octanol–water partition coefficient (Wildman–Crippen LogP) is 5.90. The van der Waals surface area contributed by atoms with Crippen LogP contribution in [0.15, 0.2) is 77.4 Å². The molecule has 0 saturated heterocycles. The van der Waals surface area contributed by atoms with E-state index in [1.807, 2.05) is 37.3 Å². The van der Waals surface area contributed by atoms with Gasteiger partial charge in [-0.1, -0.05) is 28.1 Å². The van der Waals surface area contributed by atoms with Crippen LogP contribution < -0.4 is 10.5 Å². The Hall–Kier alpha value is -4.35. The van der Waals surface area contributed by atoms with E-state index in [0.717, 1.165) is 26.6 Å². The van der Waals surface area contributed by atoms with E-state index < -0.39 is 0 Å². The van der Waals surface area contributed by atoms with Crippen LogP contribution in [-0.2, 0) is 0 Å². The number of nitrogen functional groups attached to an aromatic ring is 1. The minimum absolute atomic E-state index is 0.234. The highest BCUT2D eigenvalue weighted by molar-refractivity contribution is 9.10. The molecule has 2 aromatic heterocycles. The number of hydrogen-bond acceptors (Lipinski definition) is 5. The van der Waals surface area contributed by atoms with Gasteiger partial charge < -0.3 is 15.5 Å². The monoisotopic (exact) mass is 511 g/mol. The maximum absolute atomic E-state index is 13.2. The number of rotatable bonds is 5. The first-order valence-corrected chi connectivity index (χ1v) is 11.2. The minimum Gasteiger partial charge on any atom is -0.457 e. The number of hydrogen-bond donors (Lipinski definition) is 2. The standard InChI is InChI=1S/C26H18BrN5O2/c1-15-10-18(34-17-5-2-4-16(11-17)13-28)8-9-24(15)32-26(29)20(14-30-32)25(33)23-12-19-21(27)6-3-7-22(19)31-23/h2-12,14,31H,29H2,1H3. The molecule has 0 spiro atoms. The molecular formula is C26H18BrN5O2. The maximum atomic E-state index is 13.2. The van der Waals surface area contributed by atoms with Crippen LogP contribution >= 0.6 is 15.9 Å². The van der Waals surface area contributed by atoms with Crippen molar-refractivity contribution in [2.24, 2.45) is 0 Å². The number of nitrogens with one attached hydrogen (secondary N) is 1. The zero-order valence-electron chi connectivity index (χ0n) is 18.0. The molecule has 0 unspecified atom stereocenters. The van der Waals surface area contributed by atoms with Crippen LogP contribution in [0.2, 0.25) is 0 Å². The number of nitriles is 1. The van der Waals surface area contributed by atoms with Crippen molar-refractivity contribution in [1.82, 2.24) is 14.8 Å². The first-order valence-electron chi connectivity index (χ1n) is 10.4. The van der Waals surface area contributed by atoms with Crippen molar-refractivity contribution in [3.05, 3.63) is 99.8 Å². The molecule has 34 heavy (non-hydrogen) atoms. The normalized spacial score (nSPS) is 10.9. The first kappa shape index (κ1) is 21.5. The molecule has 0 aliphatic heterocycles. The summed E-state index contributed by atoms with van der Waals surface area (Å²) in [4.78, 5) is 16.3. The van der Waals surface area contributed by atoms with E-state index in [0.29, 0.717) is 28.3 Å². The molecule has 0 aliphatic carbocycles. The Bertz CT molecular complexity index is 1610. The number of ketones is 1. The van der Waals surface area contributed by atoms with Crippen molar-refractivity contribution >= 4 is 38.4 Å². The third kappa shape index (κ3) is 3.83. The molecule has 3 aromatic carbocycles. The lowest BCUT2D eigenvalue weighted by molar-refractivity contribution is 0.103. The third-order valence-electron chi connectivity index (χ3n) is 5.50. The minimum atomic E-state index is -0.234. The summed E-state index contributed by atoms with van der Waals surface area (Å²) in [7, 11) is 0. The highest BCUT2D eigenvalue weighted by atomic mass is 79.9. The summed E-state index contributed by atoms with van der Waals surface area (Å²) in [6, 6.07) is 22.1. The molecule has 5 rings (SSSR count). The molecule has 5 aromatic rings. The van der Waals surface area contributed by atoms with E-state index >= 15 is 0 Å². The van der Waals surface area contributed by atoms with Crippen molar-refractivity contribution in [3.8, 4) is 23.3 Å². The average molecular weight is 512 g/mol. The van der Waals surface area contributed by atoms with E-state index in [1.165, 1.54) is 6.20 Å². The molecule has 0 amide bonds. The van der Waals surface area contributed by atoms with Crippen LogP contribution in [0.4, 0.5) is 5.82 Å².